The SMILES string of the molecule is CCn1nccc1C1(O)CCC(C)C(C)C1. The highest BCUT2D eigenvalue weighted by Crippen LogP contribution is 2.42. The van der Waals surface area contributed by atoms with Gasteiger partial charge in [0.15, 0.2) is 0 Å². The van der Waals surface area contributed by atoms with E-state index in [-0.39, 0.29) is 0 Å². The van der Waals surface area contributed by atoms with Crippen molar-refractivity contribution >= 4 is 0 Å². The van der Waals surface area contributed by atoms with Gasteiger partial charge in [-0.2, -0.15) is 5.10 Å². The van der Waals surface area contributed by atoms with Crippen LogP contribution in [0.25, 0.3) is 0 Å². The molecule has 16 heavy (non-hydrogen) atoms. The van der Waals surface area contributed by atoms with Crippen LogP contribution in [0.5, 0.6) is 0 Å². The molecular weight excluding hydrogens is 200 g/mol. The molecule has 1 aromatic rings. The van der Waals surface area contributed by atoms with E-state index in [1.807, 2.05) is 10.7 Å². The third-order valence-electron chi connectivity index (χ3n) is 4.14. The maximum absolute atomic E-state index is 10.8. The fourth-order valence-electron chi connectivity index (χ4n) is 2.80. The fourth-order valence-corrected chi connectivity index (χ4v) is 2.80. The summed E-state index contributed by atoms with van der Waals surface area (Å²) in [5.41, 5.74) is 0.340. The second-order valence-electron chi connectivity index (χ2n) is 5.26. The van der Waals surface area contributed by atoms with Gasteiger partial charge in [-0.1, -0.05) is 13.8 Å². The molecule has 3 nitrogen and oxygen atoms in total. The van der Waals surface area contributed by atoms with Gasteiger partial charge in [-0.25, -0.2) is 0 Å². The molecule has 0 bridgehead atoms. The Hall–Kier alpha value is -0.830. The first-order chi connectivity index (χ1) is 7.57. The molecule has 0 amide bonds. The predicted octanol–water partition coefficient (Wildman–Crippen LogP) is 2.55. The molecule has 1 aliphatic rings. The van der Waals surface area contributed by atoms with Crippen molar-refractivity contribution in [2.24, 2.45) is 11.8 Å². The molecule has 1 aliphatic carbocycles. The van der Waals surface area contributed by atoms with Gasteiger partial charge in [-0.05, 0) is 44.1 Å². The molecule has 3 unspecified atom stereocenters. The van der Waals surface area contributed by atoms with Crippen molar-refractivity contribution in [3.63, 3.8) is 0 Å². The van der Waals surface area contributed by atoms with E-state index in [4.69, 9.17) is 0 Å². The molecule has 0 aromatic carbocycles. The Kier molecular flexibility index (Phi) is 3.06. The van der Waals surface area contributed by atoms with Gasteiger partial charge in [-0.15, -0.1) is 0 Å². The van der Waals surface area contributed by atoms with Crippen molar-refractivity contribution in [3.05, 3.63) is 18.0 Å². The first kappa shape index (κ1) is 11.6. The second kappa shape index (κ2) is 4.21. The van der Waals surface area contributed by atoms with Crippen LogP contribution in [0.3, 0.4) is 0 Å². The first-order valence-corrected chi connectivity index (χ1v) is 6.31. The van der Waals surface area contributed by atoms with Crippen molar-refractivity contribution in [3.8, 4) is 0 Å². The van der Waals surface area contributed by atoms with Gasteiger partial charge >= 0.3 is 0 Å². The van der Waals surface area contributed by atoms with Crippen LogP contribution in [0.2, 0.25) is 0 Å². The molecule has 1 N–H and O–H groups in total. The van der Waals surface area contributed by atoms with Gasteiger partial charge in [-0.3, -0.25) is 4.68 Å². The van der Waals surface area contributed by atoms with E-state index in [2.05, 4.69) is 25.9 Å². The van der Waals surface area contributed by atoms with Crippen LogP contribution < -0.4 is 0 Å². The molecule has 3 heteroatoms. The summed E-state index contributed by atoms with van der Waals surface area (Å²) in [6.45, 7) is 7.41. The van der Waals surface area contributed by atoms with Crippen LogP contribution in [0.15, 0.2) is 12.3 Å². The van der Waals surface area contributed by atoms with Gasteiger partial charge in [0.05, 0.1) is 5.69 Å². The van der Waals surface area contributed by atoms with E-state index in [0.717, 1.165) is 37.4 Å². The van der Waals surface area contributed by atoms with Gasteiger partial charge in [0.25, 0.3) is 0 Å². The number of nitrogens with zero attached hydrogens (tertiary/aromatic N) is 2. The third-order valence-corrected chi connectivity index (χ3v) is 4.14. The zero-order valence-electron chi connectivity index (χ0n) is 10.5. The van der Waals surface area contributed by atoms with Crippen LogP contribution >= 0.6 is 0 Å². The summed E-state index contributed by atoms with van der Waals surface area (Å²) >= 11 is 0. The zero-order valence-corrected chi connectivity index (χ0v) is 10.5. The average molecular weight is 222 g/mol. The summed E-state index contributed by atoms with van der Waals surface area (Å²) in [4.78, 5) is 0. The molecule has 3 atom stereocenters. The van der Waals surface area contributed by atoms with Crippen molar-refractivity contribution in [2.75, 3.05) is 0 Å². The van der Waals surface area contributed by atoms with Crippen molar-refractivity contribution < 1.29 is 5.11 Å². The lowest BCUT2D eigenvalue weighted by molar-refractivity contribution is -0.0403. The second-order valence-corrected chi connectivity index (χ2v) is 5.26. The lowest BCUT2D eigenvalue weighted by atomic mass is 9.72. The smallest absolute Gasteiger partial charge is 0.106 e. The Bertz CT molecular complexity index is 361. The highest BCUT2D eigenvalue weighted by molar-refractivity contribution is 5.13. The summed E-state index contributed by atoms with van der Waals surface area (Å²) in [6, 6.07) is 1.96. The topological polar surface area (TPSA) is 38.0 Å². The first-order valence-electron chi connectivity index (χ1n) is 6.31. The van der Waals surface area contributed by atoms with Gasteiger partial charge < -0.3 is 5.11 Å². The minimum absolute atomic E-state index is 0.582. The van der Waals surface area contributed by atoms with E-state index in [9.17, 15) is 5.11 Å². The third kappa shape index (κ3) is 1.88. The number of hydrogen-bond donors (Lipinski definition) is 1. The number of aliphatic hydroxyl groups is 1. The van der Waals surface area contributed by atoms with E-state index in [0.29, 0.717) is 5.92 Å². The van der Waals surface area contributed by atoms with Crippen molar-refractivity contribution in [2.45, 2.75) is 52.2 Å². The number of rotatable bonds is 2. The van der Waals surface area contributed by atoms with Crippen LogP contribution in [0, 0.1) is 11.8 Å². The normalized spacial score (nSPS) is 35.2. The van der Waals surface area contributed by atoms with Gasteiger partial charge in [0.2, 0.25) is 0 Å². The number of hydrogen-bond acceptors (Lipinski definition) is 2. The maximum Gasteiger partial charge on any atom is 0.106 e. The minimum atomic E-state index is -0.654. The van der Waals surface area contributed by atoms with Crippen LogP contribution in [-0.2, 0) is 12.1 Å². The van der Waals surface area contributed by atoms with Gasteiger partial charge in [0, 0.05) is 12.7 Å². The summed E-state index contributed by atoms with van der Waals surface area (Å²) in [6.07, 6.45) is 4.62. The Morgan fingerprint density at radius 3 is 2.88 bits per heavy atom. The Morgan fingerprint density at radius 1 is 1.50 bits per heavy atom. The Labute approximate surface area is 97.5 Å². The lowest BCUT2D eigenvalue weighted by Crippen LogP contribution is -2.37. The molecule has 1 saturated carbocycles. The van der Waals surface area contributed by atoms with Crippen LogP contribution in [0.4, 0.5) is 0 Å². The molecule has 0 radical (unpaired) electrons. The van der Waals surface area contributed by atoms with Crippen LogP contribution in [0.1, 0.15) is 45.7 Å². The summed E-state index contributed by atoms with van der Waals surface area (Å²) in [5, 5.41) is 15.0. The molecule has 1 heterocycles. The molecule has 0 spiro atoms. The monoisotopic (exact) mass is 222 g/mol. The zero-order chi connectivity index (χ0) is 11.8. The fraction of sp³-hybridized carbons (Fsp3) is 0.769. The molecule has 0 saturated heterocycles. The largest absolute Gasteiger partial charge is 0.384 e. The minimum Gasteiger partial charge on any atom is -0.384 e. The molecule has 1 fully saturated rings. The highest BCUT2D eigenvalue weighted by atomic mass is 16.3. The summed E-state index contributed by atoms with van der Waals surface area (Å²) in [5.74, 6) is 1.30. The van der Waals surface area contributed by atoms with E-state index < -0.39 is 5.60 Å². The Morgan fingerprint density at radius 2 is 2.25 bits per heavy atom. The Balaban J connectivity index is 2.25. The molecule has 1 aromatic heterocycles. The van der Waals surface area contributed by atoms with Crippen molar-refractivity contribution in [1.29, 1.82) is 0 Å². The summed E-state index contributed by atoms with van der Waals surface area (Å²) < 4.78 is 1.92. The standard InChI is InChI=1S/C13H22N2O/c1-4-15-12(6-8-14-15)13(16)7-5-10(2)11(3)9-13/h6,8,10-11,16H,4-5,7,9H2,1-3H3. The lowest BCUT2D eigenvalue weighted by Gasteiger charge is -2.39. The summed E-state index contributed by atoms with van der Waals surface area (Å²) in [7, 11) is 0. The van der Waals surface area contributed by atoms with E-state index in [1.165, 1.54) is 0 Å². The molecule has 90 valence electrons. The molecular formula is C13H22N2O. The molecule has 2 rings (SSSR count). The van der Waals surface area contributed by atoms with Crippen LogP contribution in [-0.4, -0.2) is 14.9 Å². The van der Waals surface area contributed by atoms with Gasteiger partial charge in [0.1, 0.15) is 5.60 Å². The maximum atomic E-state index is 10.8. The van der Waals surface area contributed by atoms with E-state index in [1.54, 1.807) is 6.20 Å². The average Bonchev–Trinajstić information content (AvgIpc) is 2.73. The van der Waals surface area contributed by atoms with Crippen molar-refractivity contribution in [1.82, 2.24) is 9.78 Å². The highest BCUT2D eigenvalue weighted by Gasteiger charge is 2.39. The van der Waals surface area contributed by atoms with E-state index >= 15 is 0 Å². The quantitative estimate of drug-likeness (QED) is 0.835. The predicted molar refractivity (Wildman–Crippen MR) is 64.0 cm³/mol. The number of aromatic nitrogens is 2. The molecule has 0 aliphatic heterocycles. The number of aryl methyl sites for hydroxylation is 1.